The Balaban J connectivity index is 1.61. The number of rotatable bonds is 6. The van der Waals surface area contributed by atoms with Crippen molar-refractivity contribution in [2.24, 2.45) is 17.8 Å². The van der Waals surface area contributed by atoms with Crippen molar-refractivity contribution in [2.75, 3.05) is 13.7 Å². The molecule has 2 aliphatic rings. The van der Waals surface area contributed by atoms with Crippen LogP contribution in [0.25, 0.3) is 0 Å². The molecule has 2 nitrogen and oxygen atoms in total. The average Bonchev–Trinajstić information content (AvgIpc) is 3.13. The fraction of sp³-hybridized carbons (Fsp3) is 0.579. The Kier molecular flexibility index (Phi) is 4.88. The molecule has 1 fully saturated rings. The second-order valence-corrected chi connectivity index (χ2v) is 6.58. The molecule has 0 heterocycles. The van der Waals surface area contributed by atoms with Gasteiger partial charge in [0.05, 0.1) is 13.7 Å². The van der Waals surface area contributed by atoms with Gasteiger partial charge in [-0.3, -0.25) is 0 Å². The fourth-order valence-corrected chi connectivity index (χ4v) is 4.17. The van der Waals surface area contributed by atoms with Crippen LogP contribution in [0, 0.1) is 29.4 Å². The third-order valence-electron chi connectivity index (χ3n) is 5.32. The Morgan fingerprint density at radius 1 is 1.13 bits per heavy atom. The minimum Gasteiger partial charge on any atom is -0.494 e. The Hall–Kier alpha value is -1.58. The second kappa shape index (κ2) is 6.90. The van der Waals surface area contributed by atoms with Crippen LogP contribution in [0.2, 0.25) is 0 Å². The molecule has 3 atom stereocenters. The molecule has 2 aliphatic carbocycles. The van der Waals surface area contributed by atoms with E-state index in [-0.39, 0.29) is 11.5 Å². The van der Waals surface area contributed by atoms with E-state index in [1.807, 2.05) is 0 Å². The zero-order valence-electron chi connectivity index (χ0n) is 13.8. The fourth-order valence-electron chi connectivity index (χ4n) is 4.17. The molecule has 0 aliphatic heterocycles. The second-order valence-electron chi connectivity index (χ2n) is 6.58. The van der Waals surface area contributed by atoms with Crippen LogP contribution in [0.5, 0.6) is 11.5 Å². The maximum Gasteiger partial charge on any atom is 0.204 e. The van der Waals surface area contributed by atoms with E-state index >= 15 is 0 Å². The molecule has 0 bridgehead atoms. The van der Waals surface area contributed by atoms with Crippen molar-refractivity contribution >= 4 is 0 Å². The van der Waals surface area contributed by atoms with Crippen molar-refractivity contribution in [3.8, 4) is 11.5 Å². The molecule has 3 rings (SSSR count). The molecule has 0 amide bonds. The van der Waals surface area contributed by atoms with E-state index in [1.165, 1.54) is 38.5 Å². The SMILES string of the molecule is CCCC1=CCC2C(COc3ccc(OC)c(F)c3F)CCC12. The van der Waals surface area contributed by atoms with Crippen LogP contribution in [0.3, 0.4) is 0 Å². The smallest absolute Gasteiger partial charge is 0.204 e. The van der Waals surface area contributed by atoms with Crippen molar-refractivity contribution in [3.05, 3.63) is 35.4 Å². The van der Waals surface area contributed by atoms with Crippen LogP contribution >= 0.6 is 0 Å². The first-order valence-electron chi connectivity index (χ1n) is 8.49. The Morgan fingerprint density at radius 3 is 2.61 bits per heavy atom. The highest BCUT2D eigenvalue weighted by Gasteiger charge is 2.40. The lowest BCUT2D eigenvalue weighted by Crippen LogP contribution is -2.19. The zero-order valence-corrected chi connectivity index (χ0v) is 13.8. The van der Waals surface area contributed by atoms with Gasteiger partial charge < -0.3 is 9.47 Å². The highest BCUT2D eigenvalue weighted by Crippen LogP contribution is 2.49. The number of hydrogen-bond donors (Lipinski definition) is 0. The number of allylic oxidation sites excluding steroid dienone is 2. The highest BCUT2D eigenvalue weighted by atomic mass is 19.2. The molecule has 0 spiro atoms. The van der Waals surface area contributed by atoms with Crippen molar-refractivity contribution in [1.29, 1.82) is 0 Å². The summed E-state index contributed by atoms with van der Waals surface area (Å²) in [6, 6.07) is 2.85. The van der Waals surface area contributed by atoms with Gasteiger partial charge >= 0.3 is 0 Å². The maximum absolute atomic E-state index is 14.0. The summed E-state index contributed by atoms with van der Waals surface area (Å²) in [6.45, 7) is 2.67. The Labute approximate surface area is 136 Å². The van der Waals surface area contributed by atoms with Gasteiger partial charge in [0.15, 0.2) is 11.5 Å². The Morgan fingerprint density at radius 2 is 1.87 bits per heavy atom. The topological polar surface area (TPSA) is 18.5 Å². The van der Waals surface area contributed by atoms with Crippen LogP contribution in [0.4, 0.5) is 8.78 Å². The largest absolute Gasteiger partial charge is 0.494 e. The molecule has 3 unspecified atom stereocenters. The van der Waals surface area contributed by atoms with Crippen molar-refractivity contribution < 1.29 is 18.3 Å². The molecule has 0 saturated heterocycles. The quantitative estimate of drug-likeness (QED) is 0.676. The van der Waals surface area contributed by atoms with E-state index in [0.29, 0.717) is 24.4 Å². The van der Waals surface area contributed by atoms with Gasteiger partial charge in [-0.15, -0.1) is 0 Å². The van der Waals surface area contributed by atoms with Gasteiger partial charge in [0.2, 0.25) is 11.6 Å². The summed E-state index contributed by atoms with van der Waals surface area (Å²) < 4.78 is 38.1. The Bertz CT molecular complexity index is 597. The predicted octanol–water partition coefficient (Wildman–Crippen LogP) is 5.12. The van der Waals surface area contributed by atoms with Gasteiger partial charge in [-0.2, -0.15) is 8.78 Å². The molecule has 0 aromatic heterocycles. The first-order chi connectivity index (χ1) is 11.2. The normalized spacial score (nSPS) is 26.1. The monoisotopic (exact) mass is 322 g/mol. The maximum atomic E-state index is 14.0. The number of halogens is 2. The summed E-state index contributed by atoms with van der Waals surface area (Å²) in [7, 11) is 1.32. The van der Waals surface area contributed by atoms with Gasteiger partial charge in [-0.25, -0.2) is 0 Å². The van der Waals surface area contributed by atoms with Crippen LogP contribution in [-0.2, 0) is 0 Å². The molecule has 126 valence electrons. The van der Waals surface area contributed by atoms with Gasteiger partial charge in [0, 0.05) is 0 Å². The van der Waals surface area contributed by atoms with Crippen molar-refractivity contribution in [1.82, 2.24) is 0 Å². The molecule has 0 N–H and O–H groups in total. The first-order valence-corrected chi connectivity index (χ1v) is 8.49. The summed E-state index contributed by atoms with van der Waals surface area (Å²) >= 11 is 0. The van der Waals surface area contributed by atoms with Crippen LogP contribution in [0.15, 0.2) is 23.8 Å². The summed E-state index contributed by atoms with van der Waals surface area (Å²) in [5.41, 5.74) is 1.60. The number of fused-ring (bicyclic) bond motifs is 1. The average molecular weight is 322 g/mol. The molecular weight excluding hydrogens is 298 g/mol. The van der Waals surface area contributed by atoms with E-state index in [9.17, 15) is 8.78 Å². The number of methoxy groups -OCH3 is 1. The standard InChI is InChI=1S/C19H24F2O2/c1-3-4-12-5-7-15-13(6-8-14(12)15)11-23-17-10-9-16(22-2)18(20)19(17)21/h5,9-10,13-15H,3-4,6-8,11H2,1-2H3. The lowest BCUT2D eigenvalue weighted by Gasteiger charge is -2.20. The van der Waals surface area contributed by atoms with Gasteiger partial charge in [0.25, 0.3) is 0 Å². The van der Waals surface area contributed by atoms with Crippen LogP contribution < -0.4 is 9.47 Å². The van der Waals surface area contributed by atoms with Crippen molar-refractivity contribution in [2.45, 2.75) is 39.0 Å². The van der Waals surface area contributed by atoms with Crippen LogP contribution in [0.1, 0.15) is 39.0 Å². The number of ether oxygens (including phenoxy) is 2. The minimum absolute atomic E-state index is 0.0218. The van der Waals surface area contributed by atoms with Gasteiger partial charge in [0.1, 0.15) is 0 Å². The summed E-state index contributed by atoms with van der Waals surface area (Å²) in [4.78, 5) is 0. The van der Waals surface area contributed by atoms with E-state index in [4.69, 9.17) is 9.47 Å². The molecular formula is C19H24F2O2. The van der Waals surface area contributed by atoms with E-state index in [2.05, 4.69) is 13.0 Å². The first kappa shape index (κ1) is 16.3. The lowest BCUT2D eigenvalue weighted by molar-refractivity contribution is 0.199. The van der Waals surface area contributed by atoms with Gasteiger partial charge in [-0.1, -0.05) is 25.0 Å². The third kappa shape index (κ3) is 3.08. The summed E-state index contributed by atoms with van der Waals surface area (Å²) in [5.74, 6) is -0.345. The van der Waals surface area contributed by atoms with E-state index in [1.54, 1.807) is 5.57 Å². The number of benzene rings is 1. The molecule has 23 heavy (non-hydrogen) atoms. The molecule has 4 heteroatoms. The minimum atomic E-state index is -0.984. The summed E-state index contributed by atoms with van der Waals surface area (Å²) in [5, 5.41) is 0. The predicted molar refractivity (Wildman–Crippen MR) is 85.7 cm³/mol. The van der Waals surface area contributed by atoms with Gasteiger partial charge in [-0.05, 0) is 55.6 Å². The number of hydrogen-bond acceptors (Lipinski definition) is 2. The van der Waals surface area contributed by atoms with Crippen LogP contribution in [-0.4, -0.2) is 13.7 Å². The molecule has 1 aromatic carbocycles. The van der Waals surface area contributed by atoms with E-state index in [0.717, 1.165) is 12.8 Å². The highest BCUT2D eigenvalue weighted by molar-refractivity contribution is 5.35. The third-order valence-corrected chi connectivity index (χ3v) is 5.32. The summed E-state index contributed by atoms with van der Waals surface area (Å²) in [6.07, 6.45) is 8.17. The zero-order chi connectivity index (χ0) is 16.4. The lowest BCUT2D eigenvalue weighted by atomic mass is 9.88. The van der Waals surface area contributed by atoms with Crippen molar-refractivity contribution in [3.63, 3.8) is 0 Å². The molecule has 1 aromatic rings. The van der Waals surface area contributed by atoms with E-state index < -0.39 is 11.6 Å². The molecule has 0 radical (unpaired) electrons. The molecule has 1 saturated carbocycles.